The standard InChI is InChI=1S/C13H18N4S/c1-9-8-18-13(15-9)7-17-6-11(10(2)16-17)5-14-12-3-4-12/h6,8,12,14H,3-5,7H2,1-2H3. The smallest absolute Gasteiger partial charge is 0.114 e. The molecule has 96 valence electrons. The topological polar surface area (TPSA) is 42.7 Å². The summed E-state index contributed by atoms with van der Waals surface area (Å²) < 4.78 is 2.00. The number of hydrogen-bond donors (Lipinski definition) is 1. The first kappa shape index (κ1) is 11.9. The quantitative estimate of drug-likeness (QED) is 0.898. The molecule has 5 heteroatoms. The maximum atomic E-state index is 4.56. The summed E-state index contributed by atoms with van der Waals surface area (Å²) in [5.74, 6) is 0. The second-order valence-electron chi connectivity index (χ2n) is 4.98. The summed E-state index contributed by atoms with van der Waals surface area (Å²) >= 11 is 1.70. The number of thiazole rings is 1. The van der Waals surface area contributed by atoms with E-state index in [0.717, 1.165) is 35.5 Å². The molecule has 0 aromatic carbocycles. The molecule has 1 saturated carbocycles. The van der Waals surface area contributed by atoms with Crippen molar-refractivity contribution >= 4 is 11.3 Å². The second-order valence-corrected chi connectivity index (χ2v) is 5.92. The lowest BCUT2D eigenvalue weighted by Crippen LogP contribution is -2.15. The van der Waals surface area contributed by atoms with Crippen LogP contribution in [0, 0.1) is 13.8 Å². The highest BCUT2D eigenvalue weighted by molar-refractivity contribution is 7.09. The largest absolute Gasteiger partial charge is 0.310 e. The first-order valence-corrected chi connectivity index (χ1v) is 7.26. The number of aromatic nitrogens is 3. The van der Waals surface area contributed by atoms with Crippen LogP contribution in [0.2, 0.25) is 0 Å². The maximum absolute atomic E-state index is 4.56. The van der Waals surface area contributed by atoms with Crippen molar-refractivity contribution in [3.8, 4) is 0 Å². The Labute approximate surface area is 111 Å². The minimum absolute atomic E-state index is 0.745. The predicted molar refractivity (Wildman–Crippen MR) is 72.8 cm³/mol. The van der Waals surface area contributed by atoms with Crippen LogP contribution in [-0.4, -0.2) is 20.8 Å². The molecule has 0 saturated heterocycles. The molecule has 0 radical (unpaired) electrons. The van der Waals surface area contributed by atoms with Crippen molar-refractivity contribution < 1.29 is 0 Å². The molecule has 1 aliphatic carbocycles. The predicted octanol–water partition coefficient (Wildman–Crippen LogP) is 2.26. The van der Waals surface area contributed by atoms with E-state index in [9.17, 15) is 0 Å². The number of nitrogens with one attached hydrogen (secondary N) is 1. The Balaban J connectivity index is 1.66. The fraction of sp³-hybridized carbons (Fsp3) is 0.538. The highest BCUT2D eigenvalue weighted by atomic mass is 32.1. The van der Waals surface area contributed by atoms with Crippen LogP contribution in [0.5, 0.6) is 0 Å². The molecule has 1 N–H and O–H groups in total. The average Bonchev–Trinajstić information content (AvgIpc) is 2.98. The third-order valence-electron chi connectivity index (χ3n) is 3.17. The van der Waals surface area contributed by atoms with Crippen molar-refractivity contribution in [3.05, 3.63) is 33.5 Å². The molecule has 4 nitrogen and oxygen atoms in total. The van der Waals surface area contributed by atoms with Gasteiger partial charge in [0.05, 0.1) is 12.2 Å². The molecular formula is C13H18N4S. The third kappa shape index (κ3) is 2.79. The summed E-state index contributed by atoms with van der Waals surface area (Å²) in [5.41, 5.74) is 3.51. The molecule has 0 bridgehead atoms. The Morgan fingerprint density at radius 1 is 1.44 bits per heavy atom. The van der Waals surface area contributed by atoms with Gasteiger partial charge in [0.1, 0.15) is 5.01 Å². The Kier molecular flexibility index (Phi) is 3.18. The number of rotatable bonds is 5. The Bertz CT molecular complexity index is 539. The van der Waals surface area contributed by atoms with Gasteiger partial charge in [-0.25, -0.2) is 4.98 Å². The van der Waals surface area contributed by atoms with E-state index in [1.807, 2.05) is 11.6 Å². The second kappa shape index (κ2) is 4.82. The fourth-order valence-corrected chi connectivity index (χ4v) is 2.73. The van der Waals surface area contributed by atoms with E-state index in [1.54, 1.807) is 11.3 Å². The number of hydrogen-bond acceptors (Lipinski definition) is 4. The first-order chi connectivity index (χ1) is 8.70. The Morgan fingerprint density at radius 3 is 2.94 bits per heavy atom. The Hall–Kier alpha value is -1.20. The van der Waals surface area contributed by atoms with Gasteiger partial charge in [-0.3, -0.25) is 4.68 Å². The van der Waals surface area contributed by atoms with Gasteiger partial charge in [0.2, 0.25) is 0 Å². The van der Waals surface area contributed by atoms with E-state index >= 15 is 0 Å². The van der Waals surface area contributed by atoms with Gasteiger partial charge in [-0.15, -0.1) is 11.3 Å². The zero-order valence-electron chi connectivity index (χ0n) is 10.8. The van der Waals surface area contributed by atoms with Gasteiger partial charge in [-0.05, 0) is 26.7 Å². The summed E-state index contributed by atoms with van der Waals surface area (Å²) in [6.07, 6.45) is 4.79. The summed E-state index contributed by atoms with van der Waals surface area (Å²) in [7, 11) is 0. The van der Waals surface area contributed by atoms with E-state index in [-0.39, 0.29) is 0 Å². The van der Waals surface area contributed by atoms with Crippen molar-refractivity contribution in [3.63, 3.8) is 0 Å². The zero-order chi connectivity index (χ0) is 12.5. The SMILES string of the molecule is Cc1csc(Cn2cc(CNC3CC3)c(C)n2)n1. The number of aryl methyl sites for hydroxylation is 2. The average molecular weight is 262 g/mol. The van der Waals surface area contributed by atoms with Crippen LogP contribution in [0.4, 0.5) is 0 Å². The summed E-state index contributed by atoms with van der Waals surface area (Å²) in [4.78, 5) is 4.47. The van der Waals surface area contributed by atoms with E-state index in [2.05, 4.69) is 33.9 Å². The molecule has 0 atom stereocenters. The van der Waals surface area contributed by atoms with E-state index < -0.39 is 0 Å². The van der Waals surface area contributed by atoms with E-state index in [4.69, 9.17) is 0 Å². The molecule has 0 unspecified atom stereocenters. The molecule has 2 aromatic rings. The van der Waals surface area contributed by atoms with Crippen LogP contribution in [0.1, 0.15) is 34.8 Å². The molecule has 0 aliphatic heterocycles. The van der Waals surface area contributed by atoms with Crippen LogP contribution in [0.3, 0.4) is 0 Å². The van der Waals surface area contributed by atoms with Crippen molar-refractivity contribution in [2.75, 3.05) is 0 Å². The molecule has 1 fully saturated rings. The lowest BCUT2D eigenvalue weighted by molar-refractivity contribution is 0.671. The van der Waals surface area contributed by atoms with Crippen LogP contribution < -0.4 is 5.32 Å². The molecule has 3 rings (SSSR count). The van der Waals surface area contributed by atoms with Gasteiger partial charge in [-0.1, -0.05) is 0 Å². The molecule has 2 aromatic heterocycles. The van der Waals surface area contributed by atoms with Gasteiger partial charge in [-0.2, -0.15) is 5.10 Å². The summed E-state index contributed by atoms with van der Waals surface area (Å²) in [6.45, 7) is 5.82. The highest BCUT2D eigenvalue weighted by Gasteiger charge is 2.20. The molecule has 1 aliphatic rings. The number of nitrogens with zero attached hydrogens (tertiary/aromatic N) is 3. The first-order valence-electron chi connectivity index (χ1n) is 6.38. The van der Waals surface area contributed by atoms with Crippen LogP contribution in [0.25, 0.3) is 0 Å². The Morgan fingerprint density at radius 2 is 2.28 bits per heavy atom. The third-order valence-corrected chi connectivity index (χ3v) is 4.12. The summed E-state index contributed by atoms with van der Waals surface area (Å²) in [5, 5.41) is 11.3. The van der Waals surface area contributed by atoms with Crippen LogP contribution in [0.15, 0.2) is 11.6 Å². The zero-order valence-corrected chi connectivity index (χ0v) is 11.6. The minimum Gasteiger partial charge on any atom is -0.310 e. The molecular weight excluding hydrogens is 244 g/mol. The minimum atomic E-state index is 0.745. The normalized spacial score (nSPS) is 15.2. The van der Waals surface area contributed by atoms with Gasteiger partial charge < -0.3 is 5.32 Å². The van der Waals surface area contributed by atoms with Gasteiger partial charge in [0.25, 0.3) is 0 Å². The summed E-state index contributed by atoms with van der Waals surface area (Å²) in [6, 6.07) is 0.745. The molecule has 2 heterocycles. The highest BCUT2D eigenvalue weighted by Crippen LogP contribution is 2.20. The fourth-order valence-electron chi connectivity index (χ4n) is 1.97. The monoisotopic (exact) mass is 262 g/mol. The van der Waals surface area contributed by atoms with Crippen molar-refractivity contribution in [2.24, 2.45) is 0 Å². The van der Waals surface area contributed by atoms with Crippen LogP contribution in [-0.2, 0) is 13.1 Å². The molecule has 18 heavy (non-hydrogen) atoms. The van der Waals surface area contributed by atoms with Gasteiger partial charge in [0.15, 0.2) is 0 Å². The van der Waals surface area contributed by atoms with Gasteiger partial charge >= 0.3 is 0 Å². The van der Waals surface area contributed by atoms with Gasteiger partial charge in [0, 0.05) is 35.4 Å². The molecule has 0 amide bonds. The van der Waals surface area contributed by atoms with Crippen molar-refractivity contribution in [1.82, 2.24) is 20.1 Å². The molecule has 0 spiro atoms. The van der Waals surface area contributed by atoms with Crippen LogP contribution >= 0.6 is 11.3 Å². The maximum Gasteiger partial charge on any atom is 0.114 e. The van der Waals surface area contributed by atoms with E-state index in [1.165, 1.54) is 18.4 Å². The van der Waals surface area contributed by atoms with Crippen molar-refractivity contribution in [1.29, 1.82) is 0 Å². The lowest BCUT2D eigenvalue weighted by atomic mass is 10.2. The lowest BCUT2D eigenvalue weighted by Gasteiger charge is -1.99. The van der Waals surface area contributed by atoms with Crippen molar-refractivity contribution in [2.45, 2.75) is 45.8 Å². The van der Waals surface area contributed by atoms with E-state index in [0.29, 0.717) is 0 Å².